The molecule has 1 aliphatic heterocycles. The number of anilines is 1. The number of ether oxygens (including phenoxy) is 3. The van der Waals surface area contributed by atoms with Crippen LogP contribution in [0.25, 0.3) is 0 Å². The molecule has 1 heterocycles. The summed E-state index contributed by atoms with van der Waals surface area (Å²) in [5.74, 6) is 1.69. The van der Waals surface area contributed by atoms with E-state index in [4.69, 9.17) is 14.2 Å². The second-order valence-electron chi connectivity index (χ2n) is 5.54. The van der Waals surface area contributed by atoms with Crippen molar-refractivity contribution in [2.45, 2.75) is 20.0 Å². The van der Waals surface area contributed by atoms with Crippen molar-refractivity contribution in [3.63, 3.8) is 0 Å². The van der Waals surface area contributed by atoms with Crippen LogP contribution in [0.3, 0.4) is 0 Å². The Hall–Kier alpha value is -2.21. The molecule has 0 aliphatic carbocycles. The van der Waals surface area contributed by atoms with Gasteiger partial charge in [-0.2, -0.15) is 0 Å². The summed E-state index contributed by atoms with van der Waals surface area (Å²) in [6.07, 6.45) is -0.632. The van der Waals surface area contributed by atoms with Crippen LogP contribution >= 0.6 is 15.9 Å². The van der Waals surface area contributed by atoms with E-state index < -0.39 is 6.10 Å². The highest BCUT2D eigenvalue weighted by atomic mass is 79.9. The number of nitrogens with one attached hydrogen (secondary N) is 1. The third kappa shape index (κ3) is 3.82. The van der Waals surface area contributed by atoms with Crippen LogP contribution in [0.15, 0.2) is 40.9 Å². The second-order valence-corrected chi connectivity index (χ2v) is 6.39. The summed E-state index contributed by atoms with van der Waals surface area (Å²) in [7, 11) is 0. The van der Waals surface area contributed by atoms with Gasteiger partial charge in [0, 0.05) is 16.6 Å². The number of hydrogen-bond donors (Lipinski definition) is 1. The molecule has 2 aromatic rings. The molecule has 0 fully saturated rings. The maximum Gasteiger partial charge on any atom is 0.265 e. The molecule has 0 bridgehead atoms. The van der Waals surface area contributed by atoms with Gasteiger partial charge < -0.3 is 19.5 Å². The summed E-state index contributed by atoms with van der Waals surface area (Å²) < 4.78 is 17.4. The lowest BCUT2D eigenvalue weighted by atomic mass is 10.2. The Morgan fingerprint density at radius 3 is 2.46 bits per heavy atom. The minimum absolute atomic E-state index is 0.243. The van der Waals surface area contributed by atoms with E-state index in [-0.39, 0.29) is 5.91 Å². The summed E-state index contributed by atoms with van der Waals surface area (Å²) in [6, 6.07) is 11.1. The Kier molecular flexibility index (Phi) is 4.94. The van der Waals surface area contributed by atoms with Crippen LogP contribution < -0.4 is 19.5 Å². The van der Waals surface area contributed by atoms with Gasteiger partial charge in [-0.25, -0.2) is 0 Å². The van der Waals surface area contributed by atoms with E-state index in [1.54, 1.807) is 19.1 Å². The Balaban J connectivity index is 1.68. The lowest BCUT2D eigenvalue weighted by molar-refractivity contribution is -0.122. The molecule has 1 amide bonds. The zero-order valence-corrected chi connectivity index (χ0v) is 15.1. The standard InChI is InChI=1S/C18H18BrNO4/c1-11-3-5-13(6-4-11)24-12(2)18(21)20-15-10-17-16(9-14(15)19)22-7-8-23-17/h3-6,9-10,12H,7-8H2,1-2H3,(H,20,21). The number of carbonyl (C=O) groups is 1. The lowest BCUT2D eigenvalue weighted by Gasteiger charge is -2.21. The van der Waals surface area contributed by atoms with Gasteiger partial charge in [-0.3, -0.25) is 4.79 Å². The van der Waals surface area contributed by atoms with Crippen LogP contribution in [0.5, 0.6) is 17.2 Å². The van der Waals surface area contributed by atoms with Gasteiger partial charge in [0.05, 0.1) is 5.69 Å². The first-order valence-corrected chi connectivity index (χ1v) is 8.45. The Morgan fingerprint density at radius 1 is 1.17 bits per heavy atom. The smallest absolute Gasteiger partial charge is 0.265 e. The van der Waals surface area contributed by atoms with Gasteiger partial charge in [0.25, 0.3) is 5.91 Å². The van der Waals surface area contributed by atoms with Gasteiger partial charge in [-0.1, -0.05) is 17.7 Å². The lowest BCUT2D eigenvalue weighted by Crippen LogP contribution is -2.30. The quantitative estimate of drug-likeness (QED) is 0.857. The summed E-state index contributed by atoms with van der Waals surface area (Å²) >= 11 is 3.44. The molecule has 2 aromatic carbocycles. The predicted molar refractivity (Wildman–Crippen MR) is 95.0 cm³/mol. The molecule has 6 heteroatoms. The molecule has 5 nitrogen and oxygen atoms in total. The molecule has 3 rings (SSSR count). The zero-order chi connectivity index (χ0) is 17.1. The predicted octanol–water partition coefficient (Wildman–Crippen LogP) is 3.93. The van der Waals surface area contributed by atoms with Crippen LogP contribution in [-0.2, 0) is 4.79 Å². The number of hydrogen-bond acceptors (Lipinski definition) is 4. The van der Waals surface area contributed by atoms with Crippen molar-refractivity contribution < 1.29 is 19.0 Å². The topological polar surface area (TPSA) is 56.8 Å². The van der Waals surface area contributed by atoms with E-state index in [1.165, 1.54) is 0 Å². The Labute approximate surface area is 149 Å². The van der Waals surface area contributed by atoms with Crippen LogP contribution in [0.2, 0.25) is 0 Å². The van der Waals surface area contributed by atoms with Crippen LogP contribution in [-0.4, -0.2) is 25.2 Å². The molecular weight excluding hydrogens is 374 g/mol. The first-order valence-electron chi connectivity index (χ1n) is 7.66. The molecule has 1 aliphatic rings. The minimum atomic E-state index is -0.632. The van der Waals surface area contributed by atoms with Crippen LogP contribution in [0.1, 0.15) is 12.5 Å². The van der Waals surface area contributed by atoms with Crippen LogP contribution in [0.4, 0.5) is 5.69 Å². The fraction of sp³-hybridized carbons (Fsp3) is 0.278. The van der Waals surface area contributed by atoms with E-state index in [1.807, 2.05) is 31.2 Å². The number of aryl methyl sites for hydroxylation is 1. The summed E-state index contributed by atoms with van der Waals surface area (Å²) in [5.41, 5.74) is 1.75. The van der Waals surface area contributed by atoms with E-state index in [9.17, 15) is 4.79 Å². The zero-order valence-electron chi connectivity index (χ0n) is 13.5. The van der Waals surface area contributed by atoms with Gasteiger partial charge in [-0.15, -0.1) is 0 Å². The fourth-order valence-corrected chi connectivity index (χ4v) is 2.69. The molecule has 126 valence electrons. The molecule has 1 N–H and O–H groups in total. The van der Waals surface area contributed by atoms with Crippen molar-refractivity contribution in [3.05, 3.63) is 46.4 Å². The van der Waals surface area contributed by atoms with Gasteiger partial charge in [0.1, 0.15) is 19.0 Å². The van der Waals surface area contributed by atoms with Gasteiger partial charge >= 0.3 is 0 Å². The largest absolute Gasteiger partial charge is 0.486 e. The number of amides is 1. The third-order valence-corrected chi connectivity index (χ3v) is 4.25. The first-order chi connectivity index (χ1) is 11.5. The monoisotopic (exact) mass is 391 g/mol. The average Bonchev–Trinajstić information content (AvgIpc) is 2.57. The van der Waals surface area contributed by atoms with Crippen molar-refractivity contribution in [1.29, 1.82) is 0 Å². The van der Waals surface area contributed by atoms with Crippen molar-refractivity contribution in [2.75, 3.05) is 18.5 Å². The summed E-state index contributed by atoms with van der Waals surface area (Å²) in [6.45, 7) is 4.72. The molecular formula is C18H18BrNO4. The molecule has 1 unspecified atom stereocenters. The summed E-state index contributed by atoms with van der Waals surface area (Å²) in [4.78, 5) is 12.4. The maximum absolute atomic E-state index is 12.4. The first kappa shape index (κ1) is 16.6. The highest BCUT2D eigenvalue weighted by Gasteiger charge is 2.19. The molecule has 0 saturated heterocycles. The van der Waals surface area contributed by atoms with Crippen LogP contribution in [0, 0.1) is 6.92 Å². The van der Waals surface area contributed by atoms with Crippen molar-refractivity contribution in [1.82, 2.24) is 0 Å². The van der Waals surface area contributed by atoms with E-state index in [0.29, 0.717) is 36.1 Å². The van der Waals surface area contributed by atoms with Crippen molar-refractivity contribution in [3.8, 4) is 17.2 Å². The molecule has 0 spiro atoms. The maximum atomic E-state index is 12.4. The van der Waals surface area contributed by atoms with E-state index in [0.717, 1.165) is 10.0 Å². The highest BCUT2D eigenvalue weighted by molar-refractivity contribution is 9.10. The fourth-order valence-electron chi connectivity index (χ4n) is 2.27. The van der Waals surface area contributed by atoms with Crippen molar-refractivity contribution >= 4 is 27.5 Å². The average molecular weight is 392 g/mol. The normalized spacial score (nSPS) is 14.0. The van der Waals surface area contributed by atoms with Gasteiger partial charge in [0.2, 0.25) is 0 Å². The number of rotatable bonds is 4. The van der Waals surface area contributed by atoms with Gasteiger partial charge in [-0.05, 0) is 41.9 Å². The summed E-state index contributed by atoms with van der Waals surface area (Å²) in [5, 5.41) is 2.85. The second kappa shape index (κ2) is 7.13. The van der Waals surface area contributed by atoms with E-state index >= 15 is 0 Å². The third-order valence-electron chi connectivity index (χ3n) is 3.59. The number of benzene rings is 2. The Morgan fingerprint density at radius 2 is 1.79 bits per heavy atom. The number of fused-ring (bicyclic) bond motifs is 1. The Bertz CT molecular complexity index is 745. The molecule has 0 saturated carbocycles. The highest BCUT2D eigenvalue weighted by Crippen LogP contribution is 2.38. The van der Waals surface area contributed by atoms with Crippen molar-refractivity contribution in [2.24, 2.45) is 0 Å². The van der Waals surface area contributed by atoms with E-state index in [2.05, 4.69) is 21.2 Å². The molecule has 0 aromatic heterocycles. The minimum Gasteiger partial charge on any atom is -0.486 e. The number of halogens is 1. The molecule has 1 atom stereocenters. The molecule has 24 heavy (non-hydrogen) atoms. The number of carbonyl (C=O) groups excluding carboxylic acids is 1. The SMILES string of the molecule is Cc1ccc(OC(C)C(=O)Nc2cc3c(cc2Br)OCCO3)cc1. The molecule has 0 radical (unpaired) electrons. The van der Waals surface area contributed by atoms with Gasteiger partial charge in [0.15, 0.2) is 17.6 Å².